The predicted molar refractivity (Wildman–Crippen MR) is 42.0 cm³/mol. The predicted octanol–water partition coefficient (Wildman–Crippen LogP) is 0.896. The lowest BCUT2D eigenvalue weighted by Gasteiger charge is -1.94. The Morgan fingerprint density at radius 3 is 2.83 bits per heavy atom. The van der Waals surface area contributed by atoms with E-state index < -0.39 is 0 Å². The van der Waals surface area contributed by atoms with Crippen molar-refractivity contribution >= 4 is 11.0 Å². The Kier molecular flexibility index (Phi) is 1.42. The van der Waals surface area contributed by atoms with Gasteiger partial charge in [0.25, 0.3) is 0 Å². The monoisotopic (exact) mass is 156 g/mol. The molecular weight excluding hydrogens is 152 g/mol. The zero-order valence-corrected chi connectivity index (χ0v) is 6.10. The maximum atomic E-state index is 8.68. The third-order valence-electron chi connectivity index (χ3n) is 1.50. The molecule has 2 aromatic heterocycles. The maximum absolute atomic E-state index is 8.68. The molecule has 2 aromatic rings. The highest BCUT2D eigenvalue weighted by molar-refractivity contribution is 5.78. The lowest BCUT2D eigenvalue weighted by atomic mass is 10.2. The molecule has 12 heavy (non-hydrogen) atoms. The summed E-state index contributed by atoms with van der Waals surface area (Å²) in [6.07, 6.45) is 6.20. The largest absolute Gasteiger partial charge is 0.261 e. The minimum Gasteiger partial charge on any atom is -0.261 e. The summed E-state index contributed by atoms with van der Waals surface area (Å²) in [7, 11) is 0. The summed E-state index contributed by atoms with van der Waals surface area (Å²) in [5.41, 5.74) is 1.71. The molecule has 2 heterocycles. The SMILES string of the molecule is N#Cc1cncc2nccnc12. The van der Waals surface area contributed by atoms with Crippen LogP contribution >= 0.6 is 0 Å². The van der Waals surface area contributed by atoms with Crippen molar-refractivity contribution in [1.29, 1.82) is 5.26 Å². The van der Waals surface area contributed by atoms with Crippen LogP contribution in [-0.4, -0.2) is 15.0 Å². The molecule has 4 heteroatoms. The van der Waals surface area contributed by atoms with Crippen molar-refractivity contribution in [3.63, 3.8) is 0 Å². The summed E-state index contributed by atoms with van der Waals surface area (Å²) < 4.78 is 0. The molecular formula is C8H4N4. The highest BCUT2D eigenvalue weighted by Crippen LogP contribution is 2.09. The van der Waals surface area contributed by atoms with Crippen molar-refractivity contribution in [2.24, 2.45) is 0 Å². The molecule has 0 fully saturated rings. The van der Waals surface area contributed by atoms with E-state index in [1.54, 1.807) is 18.6 Å². The van der Waals surface area contributed by atoms with E-state index in [1.807, 2.05) is 6.07 Å². The molecule has 0 atom stereocenters. The van der Waals surface area contributed by atoms with Gasteiger partial charge in [0.2, 0.25) is 0 Å². The Morgan fingerprint density at radius 1 is 1.17 bits per heavy atom. The van der Waals surface area contributed by atoms with Crippen molar-refractivity contribution in [3.8, 4) is 6.07 Å². The standard InChI is InChI=1S/C8H4N4/c9-3-6-4-10-5-7-8(6)12-2-1-11-7/h1-2,4-5H. The molecule has 0 bridgehead atoms. The average Bonchev–Trinajstić information content (AvgIpc) is 2.17. The highest BCUT2D eigenvalue weighted by atomic mass is 14.8. The Bertz CT molecular complexity index is 453. The molecule has 0 amide bonds. The molecule has 0 unspecified atom stereocenters. The zero-order chi connectivity index (χ0) is 8.39. The first-order valence-corrected chi connectivity index (χ1v) is 3.36. The number of hydrogen-bond acceptors (Lipinski definition) is 4. The second-order valence-electron chi connectivity index (χ2n) is 2.22. The number of pyridine rings is 1. The van der Waals surface area contributed by atoms with Crippen LogP contribution in [0.3, 0.4) is 0 Å². The van der Waals surface area contributed by atoms with E-state index in [4.69, 9.17) is 5.26 Å². The van der Waals surface area contributed by atoms with Gasteiger partial charge in [0, 0.05) is 18.6 Å². The van der Waals surface area contributed by atoms with E-state index in [0.29, 0.717) is 16.6 Å². The van der Waals surface area contributed by atoms with Crippen LogP contribution in [0.5, 0.6) is 0 Å². The number of rotatable bonds is 0. The molecule has 0 N–H and O–H groups in total. The first-order chi connectivity index (χ1) is 5.92. The highest BCUT2D eigenvalue weighted by Gasteiger charge is 2.00. The smallest absolute Gasteiger partial charge is 0.110 e. The lowest BCUT2D eigenvalue weighted by molar-refractivity contribution is 1.23. The molecule has 0 spiro atoms. The normalized spacial score (nSPS) is 9.58. The number of fused-ring (bicyclic) bond motifs is 1. The maximum Gasteiger partial charge on any atom is 0.110 e. The van der Waals surface area contributed by atoms with Gasteiger partial charge < -0.3 is 0 Å². The van der Waals surface area contributed by atoms with Gasteiger partial charge in [-0.2, -0.15) is 5.26 Å². The molecule has 0 aliphatic carbocycles. The van der Waals surface area contributed by atoms with Crippen molar-refractivity contribution in [1.82, 2.24) is 15.0 Å². The van der Waals surface area contributed by atoms with Crippen LogP contribution in [0.25, 0.3) is 11.0 Å². The topological polar surface area (TPSA) is 62.5 Å². The molecule has 0 aliphatic heterocycles. The molecule has 0 saturated carbocycles. The van der Waals surface area contributed by atoms with Crippen LogP contribution in [0.2, 0.25) is 0 Å². The van der Waals surface area contributed by atoms with Gasteiger partial charge in [-0.1, -0.05) is 0 Å². The third-order valence-corrected chi connectivity index (χ3v) is 1.50. The fourth-order valence-corrected chi connectivity index (χ4v) is 0.976. The summed E-state index contributed by atoms with van der Waals surface area (Å²) in [5.74, 6) is 0. The van der Waals surface area contributed by atoms with Gasteiger partial charge in [0.15, 0.2) is 0 Å². The molecule has 56 valence electrons. The number of aromatic nitrogens is 3. The molecule has 0 radical (unpaired) electrons. The zero-order valence-electron chi connectivity index (χ0n) is 6.10. The van der Waals surface area contributed by atoms with Crippen LogP contribution in [0.4, 0.5) is 0 Å². The van der Waals surface area contributed by atoms with E-state index in [2.05, 4.69) is 15.0 Å². The number of hydrogen-bond donors (Lipinski definition) is 0. The van der Waals surface area contributed by atoms with Crippen LogP contribution < -0.4 is 0 Å². The van der Waals surface area contributed by atoms with Crippen LogP contribution in [-0.2, 0) is 0 Å². The minimum absolute atomic E-state index is 0.459. The van der Waals surface area contributed by atoms with E-state index >= 15 is 0 Å². The van der Waals surface area contributed by atoms with Crippen LogP contribution in [0, 0.1) is 11.3 Å². The Labute approximate surface area is 68.5 Å². The Morgan fingerprint density at radius 2 is 2.00 bits per heavy atom. The molecule has 0 aliphatic rings. The van der Waals surface area contributed by atoms with E-state index in [1.165, 1.54) is 6.20 Å². The first kappa shape index (κ1) is 6.68. The van der Waals surface area contributed by atoms with E-state index in [9.17, 15) is 0 Å². The summed E-state index contributed by atoms with van der Waals surface area (Å²) in [6.45, 7) is 0. The summed E-state index contributed by atoms with van der Waals surface area (Å²) in [5, 5.41) is 8.68. The fraction of sp³-hybridized carbons (Fsp3) is 0. The van der Waals surface area contributed by atoms with Crippen molar-refractivity contribution in [3.05, 3.63) is 30.4 Å². The van der Waals surface area contributed by atoms with Crippen molar-refractivity contribution < 1.29 is 0 Å². The second-order valence-corrected chi connectivity index (χ2v) is 2.22. The van der Waals surface area contributed by atoms with Gasteiger partial charge in [-0.05, 0) is 0 Å². The van der Waals surface area contributed by atoms with Gasteiger partial charge in [0.1, 0.15) is 17.1 Å². The summed E-state index contributed by atoms with van der Waals surface area (Å²) in [4.78, 5) is 11.9. The first-order valence-electron chi connectivity index (χ1n) is 3.36. The van der Waals surface area contributed by atoms with E-state index in [0.717, 1.165) is 0 Å². The van der Waals surface area contributed by atoms with E-state index in [-0.39, 0.29) is 0 Å². The molecule has 2 rings (SSSR count). The van der Waals surface area contributed by atoms with Crippen LogP contribution in [0.1, 0.15) is 5.56 Å². The number of nitriles is 1. The van der Waals surface area contributed by atoms with Gasteiger partial charge in [0.05, 0.1) is 11.8 Å². The van der Waals surface area contributed by atoms with Gasteiger partial charge in [-0.15, -0.1) is 0 Å². The lowest BCUT2D eigenvalue weighted by Crippen LogP contribution is -1.87. The van der Waals surface area contributed by atoms with Crippen LogP contribution in [0.15, 0.2) is 24.8 Å². The van der Waals surface area contributed by atoms with Gasteiger partial charge in [-0.25, -0.2) is 0 Å². The van der Waals surface area contributed by atoms with Gasteiger partial charge >= 0.3 is 0 Å². The Hall–Kier alpha value is -2.02. The number of nitrogens with zero attached hydrogens (tertiary/aromatic N) is 4. The fourth-order valence-electron chi connectivity index (χ4n) is 0.976. The second kappa shape index (κ2) is 2.55. The van der Waals surface area contributed by atoms with Gasteiger partial charge in [-0.3, -0.25) is 15.0 Å². The summed E-state index contributed by atoms with van der Waals surface area (Å²) >= 11 is 0. The minimum atomic E-state index is 0.459. The molecule has 0 aromatic carbocycles. The van der Waals surface area contributed by atoms with Crippen molar-refractivity contribution in [2.75, 3.05) is 0 Å². The summed E-state index contributed by atoms with van der Waals surface area (Å²) in [6, 6.07) is 2.00. The molecule has 4 nitrogen and oxygen atoms in total. The third kappa shape index (κ3) is 0.883. The average molecular weight is 156 g/mol. The quantitative estimate of drug-likeness (QED) is 0.568. The van der Waals surface area contributed by atoms with Crippen molar-refractivity contribution in [2.45, 2.75) is 0 Å². The Balaban J connectivity index is 2.91. The molecule has 0 saturated heterocycles.